The van der Waals surface area contributed by atoms with Crippen molar-refractivity contribution in [1.29, 1.82) is 0 Å². The van der Waals surface area contributed by atoms with Crippen LogP contribution in [0.4, 0.5) is 5.95 Å². The highest BCUT2D eigenvalue weighted by Gasteiger charge is 2.28. The van der Waals surface area contributed by atoms with E-state index in [0.29, 0.717) is 12.6 Å². The van der Waals surface area contributed by atoms with Crippen molar-refractivity contribution in [2.24, 2.45) is 11.7 Å². The summed E-state index contributed by atoms with van der Waals surface area (Å²) in [6, 6.07) is 0.384. The zero-order valence-electron chi connectivity index (χ0n) is 10.1. The third kappa shape index (κ3) is 2.96. The fraction of sp³-hybridized carbons (Fsp3) is 0.667. The fourth-order valence-corrected chi connectivity index (χ4v) is 2.65. The van der Waals surface area contributed by atoms with E-state index < -0.39 is 0 Å². The summed E-state index contributed by atoms with van der Waals surface area (Å²) in [6.07, 6.45) is 7.20. The van der Waals surface area contributed by atoms with Gasteiger partial charge >= 0.3 is 0 Å². The Bertz CT molecular complexity index is 354. The molecule has 1 aliphatic rings. The molecule has 0 bridgehead atoms. The van der Waals surface area contributed by atoms with Crippen LogP contribution in [0.5, 0.6) is 0 Å². The van der Waals surface area contributed by atoms with Gasteiger partial charge in [0.05, 0.1) is 4.47 Å². The van der Waals surface area contributed by atoms with Gasteiger partial charge in [-0.25, -0.2) is 9.97 Å². The lowest BCUT2D eigenvalue weighted by Crippen LogP contribution is -2.47. The average Bonchev–Trinajstić information content (AvgIpc) is 2.39. The number of hydrogen-bond acceptors (Lipinski definition) is 4. The molecule has 1 aliphatic heterocycles. The molecule has 0 aliphatic carbocycles. The topological polar surface area (TPSA) is 55.0 Å². The number of aromatic nitrogens is 2. The quantitative estimate of drug-likeness (QED) is 0.929. The molecule has 0 radical (unpaired) electrons. The Hall–Kier alpha value is -0.680. The summed E-state index contributed by atoms with van der Waals surface area (Å²) in [7, 11) is 0. The van der Waals surface area contributed by atoms with Crippen molar-refractivity contribution in [1.82, 2.24) is 9.97 Å². The maximum atomic E-state index is 5.87. The molecule has 4 nitrogen and oxygen atoms in total. The van der Waals surface area contributed by atoms with Crippen LogP contribution in [0.3, 0.4) is 0 Å². The Labute approximate surface area is 111 Å². The first-order valence-electron chi connectivity index (χ1n) is 6.18. The van der Waals surface area contributed by atoms with E-state index in [1.165, 1.54) is 12.8 Å². The molecule has 2 unspecified atom stereocenters. The lowest BCUT2D eigenvalue weighted by molar-refractivity contribution is 0.332. The summed E-state index contributed by atoms with van der Waals surface area (Å²) in [6.45, 7) is 3.95. The van der Waals surface area contributed by atoms with Gasteiger partial charge in [-0.2, -0.15) is 0 Å². The molecule has 0 saturated carbocycles. The van der Waals surface area contributed by atoms with Gasteiger partial charge < -0.3 is 10.6 Å². The second-order valence-corrected chi connectivity index (χ2v) is 5.50. The molecule has 94 valence electrons. The zero-order valence-corrected chi connectivity index (χ0v) is 11.7. The van der Waals surface area contributed by atoms with Crippen LogP contribution in [0.2, 0.25) is 0 Å². The van der Waals surface area contributed by atoms with Crippen LogP contribution in [-0.4, -0.2) is 29.1 Å². The minimum atomic E-state index is 0.384. The van der Waals surface area contributed by atoms with Crippen molar-refractivity contribution in [3.63, 3.8) is 0 Å². The van der Waals surface area contributed by atoms with Crippen molar-refractivity contribution in [3.05, 3.63) is 16.9 Å². The molecule has 1 saturated heterocycles. The first kappa shape index (κ1) is 12.8. The molecular weight excluding hydrogens is 280 g/mol. The minimum absolute atomic E-state index is 0.384. The summed E-state index contributed by atoms with van der Waals surface area (Å²) in [5, 5.41) is 0. The first-order chi connectivity index (χ1) is 8.24. The SMILES string of the molecule is CCC1CCN(c2ncc(Br)cn2)C(CN)C1. The van der Waals surface area contributed by atoms with E-state index in [1.54, 1.807) is 12.4 Å². The number of anilines is 1. The standard InChI is InChI=1S/C12H19BrN4/c1-2-9-3-4-17(11(5-9)6-14)12-15-7-10(13)8-16-12/h7-9,11H,2-6,14H2,1H3. The Balaban J connectivity index is 2.12. The van der Waals surface area contributed by atoms with Gasteiger partial charge in [0.1, 0.15) is 0 Å². The van der Waals surface area contributed by atoms with Crippen molar-refractivity contribution in [3.8, 4) is 0 Å². The lowest BCUT2D eigenvalue weighted by Gasteiger charge is -2.38. The van der Waals surface area contributed by atoms with Crippen LogP contribution in [0.1, 0.15) is 26.2 Å². The predicted octanol–water partition coefficient (Wildman–Crippen LogP) is 2.19. The number of halogens is 1. The highest BCUT2D eigenvalue weighted by molar-refractivity contribution is 9.10. The summed E-state index contributed by atoms with van der Waals surface area (Å²) >= 11 is 3.35. The first-order valence-corrected chi connectivity index (χ1v) is 6.98. The molecule has 0 aromatic carbocycles. The predicted molar refractivity (Wildman–Crippen MR) is 72.9 cm³/mol. The van der Waals surface area contributed by atoms with Gasteiger partial charge in [-0.3, -0.25) is 0 Å². The van der Waals surface area contributed by atoms with Gasteiger partial charge in [0.2, 0.25) is 5.95 Å². The number of hydrogen-bond donors (Lipinski definition) is 1. The van der Waals surface area contributed by atoms with E-state index in [0.717, 1.165) is 29.3 Å². The molecule has 0 amide bonds. The Morgan fingerprint density at radius 3 is 2.76 bits per heavy atom. The molecule has 2 N–H and O–H groups in total. The van der Waals surface area contributed by atoms with Gasteiger partial charge in [-0.05, 0) is 34.7 Å². The third-order valence-corrected chi connectivity index (χ3v) is 3.95. The Morgan fingerprint density at radius 2 is 2.18 bits per heavy atom. The molecular formula is C12H19BrN4. The van der Waals surface area contributed by atoms with Crippen molar-refractivity contribution < 1.29 is 0 Å². The highest BCUT2D eigenvalue weighted by Crippen LogP contribution is 2.27. The number of piperidine rings is 1. The van der Waals surface area contributed by atoms with Gasteiger partial charge in [0.25, 0.3) is 0 Å². The maximum absolute atomic E-state index is 5.87. The monoisotopic (exact) mass is 298 g/mol. The molecule has 0 spiro atoms. The summed E-state index contributed by atoms with van der Waals surface area (Å²) in [5.41, 5.74) is 5.87. The molecule has 2 rings (SSSR count). The van der Waals surface area contributed by atoms with Crippen LogP contribution in [0, 0.1) is 5.92 Å². The van der Waals surface area contributed by atoms with Gasteiger partial charge in [0.15, 0.2) is 0 Å². The van der Waals surface area contributed by atoms with Gasteiger partial charge in [-0.1, -0.05) is 13.3 Å². The lowest BCUT2D eigenvalue weighted by atomic mass is 9.89. The summed E-state index contributed by atoms with van der Waals surface area (Å²) in [5.74, 6) is 1.61. The molecule has 2 heterocycles. The van der Waals surface area contributed by atoms with E-state index in [4.69, 9.17) is 5.73 Å². The largest absolute Gasteiger partial charge is 0.337 e. The minimum Gasteiger partial charge on any atom is -0.337 e. The maximum Gasteiger partial charge on any atom is 0.225 e. The van der Waals surface area contributed by atoms with Crippen molar-refractivity contribution in [2.45, 2.75) is 32.2 Å². The number of nitrogens with zero attached hydrogens (tertiary/aromatic N) is 3. The Kier molecular flexibility index (Phi) is 4.34. The van der Waals surface area contributed by atoms with Gasteiger partial charge in [-0.15, -0.1) is 0 Å². The average molecular weight is 299 g/mol. The fourth-order valence-electron chi connectivity index (χ4n) is 2.45. The van der Waals surface area contributed by atoms with Crippen LogP contribution in [0.15, 0.2) is 16.9 Å². The number of nitrogens with two attached hydrogens (primary N) is 1. The van der Waals surface area contributed by atoms with E-state index in [1.807, 2.05) is 0 Å². The summed E-state index contributed by atoms with van der Waals surface area (Å²) in [4.78, 5) is 11.0. The van der Waals surface area contributed by atoms with Crippen LogP contribution >= 0.6 is 15.9 Å². The Morgan fingerprint density at radius 1 is 1.47 bits per heavy atom. The normalized spacial score (nSPS) is 25.0. The molecule has 1 fully saturated rings. The molecule has 1 aromatic heterocycles. The molecule has 5 heteroatoms. The molecule has 17 heavy (non-hydrogen) atoms. The van der Waals surface area contributed by atoms with E-state index >= 15 is 0 Å². The van der Waals surface area contributed by atoms with Crippen LogP contribution in [0.25, 0.3) is 0 Å². The van der Waals surface area contributed by atoms with E-state index in [9.17, 15) is 0 Å². The van der Waals surface area contributed by atoms with E-state index in [2.05, 4.69) is 37.7 Å². The smallest absolute Gasteiger partial charge is 0.225 e. The van der Waals surface area contributed by atoms with Crippen LogP contribution < -0.4 is 10.6 Å². The summed E-state index contributed by atoms with van der Waals surface area (Å²) < 4.78 is 0.911. The van der Waals surface area contributed by atoms with Crippen LogP contribution in [-0.2, 0) is 0 Å². The highest BCUT2D eigenvalue weighted by atomic mass is 79.9. The molecule has 1 aromatic rings. The van der Waals surface area contributed by atoms with Gasteiger partial charge in [0, 0.05) is 31.5 Å². The zero-order chi connectivity index (χ0) is 12.3. The second kappa shape index (κ2) is 5.78. The van der Waals surface area contributed by atoms with Crippen molar-refractivity contribution >= 4 is 21.9 Å². The molecule has 2 atom stereocenters. The van der Waals surface area contributed by atoms with Crippen molar-refractivity contribution in [2.75, 3.05) is 18.0 Å². The second-order valence-electron chi connectivity index (χ2n) is 4.58. The van der Waals surface area contributed by atoms with E-state index in [-0.39, 0.29) is 0 Å². The number of rotatable bonds is 3. The third-order valence-electron chi connectivity index (χ3n) is 3.54.